The third kappa shape index (κ3) is 2.98. The van der Waals surface area contributed by atoms with E-state index in [9.17, 15) is 4.39 Å². The number of halogens is 1. The van der Waals surface area contributed by atoms with Gasteiger partial charge in [-0.05, 0) is 41.8 Å². The van der Waals surface area contributed by atoms with Gasteiger partial charge in [-0.2, -0.15) is 0 Å². The number of nitrogens with zero attached hydrogens (tertiary/aromatic N) is 2. The molecule has 118 valence electrons. The molecule has 0 bridgehead atoms. The number of fused-ring (bicyclic) bond motifs is 1. The van der Waals surface area contributed by atoms with Crippen LogP contribution in [-0.4, -0.2) is 9.97 Å². The number of hydrogen-bond acceptors (Lipinski definition) is 4. The fraction of sp³-hybridized carbons (Fsp3) is 0.0526. The van der Waals surface area contributed by atoms with Gasteiger partial charge in [0, 0.05) is 29.6 Å². The Morgan fingerprint density at radius 2 is 1.96 bits per heavy atom. The normalized spacial score (nSPS) is 10.9. The molecular formula is C19H13FN2OS. The Bertz CT molecular complexity index is 968. The van der Waals surface area contributed by atoms with Crippen LogP contribution in [0.1, 0.15) is 5.56 Å². The van der Waals surface area contributed by atoms with Crippen molar-refractivity contribution in [3.05, 3.63) is 77.7 Å². The molecule has 0 spiro atoms. The van der Waals surface area contributed by atoms with Crippen molar-refractivity contribution in [1.29, 1.82) is 0 Å². The summed E-state index contributed by atoms with van der Waals surface area (Å²) in [5, 5.41) is 1.99. The molecule has 0 aliphatic carbocycles. The maximum absolute atomic E-state index is 13.1. The average molecular weight is 336 g/mol. The van der Waals surface area contributed by atoms with E-state index in [1.807, 2.05) is 29.6 Å². The SMILES string of the molecule is Fc1ccc(-c2cc(OCc3cccnc3)c3sccc3n2)cc1. The van der Waals surface area contributed by atoms with Crippen molar-refractivity contribution >= 4 is 21.6 Å². The second kappa shape index (κ2) is 6.37. The molecule has 0 fully saturated rings. The van der Waals surface area contributed by atoms with Crippen molar-refractivity contribution in [2.24, 2.45) is 0 Å². The Hall–Kier alpha value is -2.79. The molecular weight excluding hydrogens is 323 g/mol. The van der Waals surface area contributed by atoms with Crippen LogP contribution in [0.15, 0.2) is 66.3 Å². The van der Waals surface area contributed by atoms with Crippen LogP contribution in [0, 0.1) is 5.82 Å². The molecule has 1 aromatic carbocycles. The topological polar surface area (TPSA) is 35.0 Å². The third-order valence-electron chi connectivity index (χ3n) is 3.63. The van der Waals surface area contributed by atoms with Crippen molar-refractivity contribution in [1.82, 2.24) is 9.97 Å². The summed E-state index contributed by atoms with van der Waals surface area (Å²) in [4.78, 5) is 8.74. The first kappa shape index (κ1) is 14.8. The lowest BCUT2D eigenvalue weighted by atomic mass is 10.1. The predicted octanol–water partition coefficient (Wildman–Crippen LogP) is 5.08. The smallest absolute Gasteiger partial charge is 0.141 e. The van der Waals surface area contributed by atoms with Gasteiger partial charge in [0.25, 0.3) is 0 Å². The molecule has 4 aromatic rings. The molecule has 0 aliphatic heterocycles. The van der Waals surface area contributed by atoms with E-state index in [-0.39, 0.29) is 5.82 Å². The molecule has 0 radical (unpaired) electrons. The van der Waals surface area contributed by atoms with E-state index in [0.717, 1.165) is 32.8 Å². The molecule has 0 aliphatic rings. The zero-order valence-corrected chi connectivity index (χ0v) is 13.5. The standard InChI is InChI=1S/C19H13FN2OS/c20-15-5-3-14(4-6-15)17-10-18(19-16(22-17)7-9-24-19)23-12-13-2-1-8-21-11-13/h1-11H,12H2. The van der Waals surface area contributed by atoms with E-state index in [1.54, 1.807) is 35.9 Å². The number of pyridine rings is 2. The second-order valence-electron chi connectivity index (χ2n) is 5.30. The molecule has 3 aromatic heterocycles. The molecule has 0 atom stereocenters. The highest BCUT2D eigenvalue weighted by molar-refractivity contribution is 7.17. The Labute approximate surface area is 142 Å². The van der Waals surface area contributed by atoms with Crippen molar-refractivity contribution in [3.8, 4) is 17.0 Å². The van der Waals surface area contributed by atoms with Crippen LogP contribution < -0.4 is 4.74 Å². The van der Waals surface area contributed by atoms with Gasteiger partial charge in [-0.15, -0.1) is 11.3 Å². The summed E-state index contributed by atoms with van der Waals surface area (Å²) in [6.07, 6.45) is 3.52. The van der Waals surface area contributed by atoms with Gasteiger partial charge < -0.3 is 4.74 Å². The van der Waals surface area contributed by atoms with Crippen LogP contribution in [0.5, 0.6) is 5.75 Å². The maximum Gasteiger partial charge on any atom is 0.141 e. The summed E-state index contributed by atoms with van der Waals surface area (Å²) in [6, 6.07) is 14.0. The Kier molecular flexibility index (Phi) is 3.92. The summed E-state index contributed by atoms with van der Waals surface area (Å²) in [5.74, 6) is 0.515. The highest BCUT2D eigenvalue weighted by atomic mass is 32.1. The fourth-order valence-corrected chi connectivity index (χ4v) is 3.25. The highest BCUT2D eigenvalue weighted by Gasteiger charge is 2.10. The average Bonchev–Trinajstić information content (AvgIpc) is 3.10. The van der Waals surface area contributed by atoms with Gasteiger partial charge in [0.1, 0.15) is 18.2 Å². The summed E-state index contributed by atoms with van der Waals surface area (Å²) in [6.45, 7) is 0.438. The Morgan fingerprint density at radius 1 is 1.08 bits per heavy atom. The molecule has 24 heavy (non-hydrogen) atoms. The van der Waals surface area contributed by atoms with Crippen LogP contribution in [0.2, 0.25) is 0 Å². The minimum absolute atomic E-state index is 0.261. The zero-order valence-electron chi connectivity index (χ0n) is 12.6. The number of aromatic nitrogens is 2. The quantitative estimate of drug-likeness (QED) is 0.521. The summed E-state index contributed by atoms with van der Waals surface area (Å²) < 4.78 is 20.2. The molecule has 3 nitrogen and oxygen atoms in total. The van der Waals surface area contributed by atoms with Gasteiger partial charge in [0.2, 0.25) is 0 Å². The molecule has 0 saturated carbocycles. The van der Waals surface area contributed by atoms with Crippen LogP contribution in [0.4, 0.5) is 4.39 Å². The monoisotopic (exact) mass is 336 g/mol. The first-order chi connectivity index (χ1) is 11.8. The van der Waals surface area contributed by atoms with Gasteiger partial charge in [-0.3, -0.25) is 4.98 Å². The van der Waals surface area contributed by atoms with Crippen molar-refractivity contribution in [3.63, 3.8) is 0 Å². The predicted molar refractivity (Wildman–Crippen MR) is 93.6 cm³/mol. The van der Waals surface area contributed by atoms with Crippen LogP contribution in [0.25, 0.3) is 21.5 Å². The van der Waals surface area contributed by atoms with Crippen molar-refractivity contribution in [2.45, 2.75) is 6.61 Å². The fourth-order valence-electron chi connectivity index (χ4n) is 2.45. The first-order valence-corrected chi connectivity index (χ1v) is 8.33. The van der Waals surface area contributed by atoms with Crippen LogP contribution >= 0.6 is 11.3 Å². The number of benzene rings is 1. The molecule has 4 rings (SSSR count). The minimum Gasteiger partial charge on any atom is -0.487 e. The van der Waals surface area contributed by atoms with Crippen molar-refractivity contribution < 1.29 is 9.13 Å². The summed E-state index contributed by atoms with van der Waals surface area (Å²) in [5.41, 5.74) is 3.50. The maximum atomic E-state index is 13.1. The Balaban J connectivity index is 1.71. The second-order valence-corrected chi connectivity index (χ2v) is 6.21. The van der Waals surface area contributed by atoms with Gasteiger partial charge in [-0.1, -0.05) is 6.07 Å². The Morgan fingerprint density at radius 3 is 2.75 bits per heavy atom. The highest BCUT2D eigenvalue weighted by Crippen LogP contribution is 2.34. The van der Waals surface area contributed by atoms with E-state index in [4.69, 9.17) is 4.74 Å². The largest absolute Gasteiger partial charge is 0.487 e. The number of thiophene rings is 1. The number of hydrogen-bond donors (Lipinski definition) is 0. The lowest BCUT2D eigenvalue weighted by molar-refractivity contribution is 0.310. The van der Waals surface area contributed by atoms with E-state index in [1.165, 1.54) is 12.1 Å². The van der Waals surface area contributed by atoms with Crippen LogP contribution in [-0.2, 0) is 6.61 Å². The van der Waals surface area contributed by atoms with Gasteiger partial charge in [-0.25, -0.2) is 9.37 Å². The summed E-state index contributed by atoms with van der Waals surface area (Å²) >= 11 is 1.59. The van der Waals surface area contributed by atoms with E-state index >= 15 is 0 Å². The van der Waals surface area contributed by atoms with Gasteiger partial charge >= 0.3 is 0 Å². The molecule has 0 N–H and O–H groups in total. The molecule has 5 heteroatoms. The molecule has 0 saturated heterocycles. The molecule has 0 amide bonds. The van der Waals surface area contributed by atoms with Gasteiger partial charge in [0.15, 0.2) is 0 Å². The number of ether oxygens (including phenoxy) is 1. The van der Waals surface area contributed by atoms with E-state index < -0.39 is 0 Å². The summed E-state index contributed by atoms with van der Waals surface area (Å²) in [7, 11) is 0. The number of rotatable bonds is 4. The lowest BCUT2D eigenvalue weighted by Gasteiger charge is -2.09. The van der Waals surface area contributed by atoms with Crippen LogP contribution in [0.3, 0.4) is 0 Å². The van der Waals surface area contributed by atoms with E-state index in [2.05, 4.69) is 9.97 Å². The molecule has 0 unspecified atom stereocenters. The van der Waals surface area contributed by atoms with Gasteiger partial charge in [0.05, 0.1) is 15.9 Å². The molecule has 3 heterocycles. The minimum atomic E-state index is -0.261. The van der Waals surface area contributed by atoms with Crippen molar-refractivity contribution in [2.75, 3.05) is 0 Å². The zero-order chi connectivity index (χ0) is 16.4. The third-order valence-corrected chi connectivity index (χ3v) is 4.55. The van der Waals surface area contributed by atoms with E-state index in [0.29, 0.717) is 6.61 Å². The first-order valence-electron chi connectivity index (χ1n) is 7.45. The lowest BCUT2D eigenvalue weighted by Crippen LogP contribution is -1.97.